The number of likely N-dealkylation sites (tertiary alicyclic amines) is 1. The van der Waals surface area contributed by atoms with E-state index in [0.29, 0.717) is 48.7 Å². The molecule has 2 aliphatic heterocycles. The van der Waals surface area contributed by atoms with E-state index in [-0.39, 0.29) is 29.4 Å². The van der Waals surface area contributed by atoms with Crippen LogP contribution in [0.15, 0.2) is 114 Å². The smallest absolute Gasteiger partial charge is 0.242 e. The summed E-state index contributed by atoms with van der Waals surface area (Å²) in [6.45, 7) is 5.68. The first-order chi connectivity index (χ1) is 23.2. The van der Waals surface area contributed by atoms with Crippen LogP contribution in [0.3, 0.4) is 0 Å². The highest BCUT2D eigenvalue weighted by Crippen LogP contribution is 2.49. The third-order valence-electron chi connectivity index (χ3n) is 9.89. The number of carbonyl (C=O) groups excluding carboxylic acids is 2. The number of nitrogens with zero attached hydrogens (tertiary/aromatic N) is 2. The van der Waals surface area contributed by atoms with Crippen LogP contribution >= 0.6 is 0 Å². The Kier molecular flexibility index (Phi) is 8.78. The lowest BCUT2D eigenvalue weighted by Crippen LogP contribution is -2.46. The monoisotopic (exact) mass is 643 g/mol. The van der Waals surface area contributed by atoms with Crippen LogP contribution in [0.2, 0.25) is 0 Å². The zero-order valence-electron chi connectivity index (χ0n) is 27.6. The van der Waals surface area contributed by atoms with E-state index in [1.54, 1.807) is 24.3 Å². The maximum absolute atomic E-state index is 15.3. The quantitative estimate of drug-likeness (QED) is 0.218. The predicted octanol–water partition coefficient (Wildman–Crippen LogP) is 8.72. The van der Waals surface area contributed by atoms with Gasteiger partial charge in [0.1, 0.15) is 5.75 Å². The van der Waals surface area contributed by atoms with Crippen molar-refractivity contribution in [3.63, 3.8) is 0 Å². The predicted molar refractivity (Wildman–Crippen MR) is 188 cm³/mol. The van der Waals surface area contributed by atoms with E-state index in [1.165, 1.54) is 11.6 Å². The number of nitrogens with one attached hydrogen (secondary N) is 1. The number of ketones is 1. The Hall–Kier alpha value is -4.91. The van der Waals surface area contributed by atoms with Crippen molar-refractivity contribution in [2.24, 2.45) is 11.3 Å². The molecule has 1 atom stereocenters. The number of Topliss-reactive ketones (excluding diaryl/α,β-unsaturated/α-hetero) is 1. The van der Waals surface area contributed by atoms with Crippen LogP contribution in [-0.2, 0) is 16.0 Å². The van der Waals surface area contributed by atoms with E-state index in [9.17, 15) is 9.59 Å². The molecule has 1 saturated heterocycles. The fraction of sp³-hybridized carbons (Fsp3) is 0.317. The minimum atomic E-state index is -0.627. The SMILES string of the molecule is CC1(C)CC(=O)C2=C(C1)Nc1ccccc1N(CC(=O)N1CCC(Cc3ccccc3)CC1)C2c1ccc(F)c(Oc2ccccc2)c1. The molecule has 7 heteroatoms. The number of fused-ring (bicyclic) bond motifs is 1. The van der Waals surface area contributed by atoms with E-state index in [4.69, 9.17) is 4.74 Å². The molecule has 1 amide bonds. The van der Waals surface area contributed by atoms with E-state index < -0.39 is 11.9 Å². The molecule has 48 heavy (non-hydrogen) atoms. The summed E-state index contributed by atoms with van der Waals surface area (Å²) in [5, 5.41) is 3.61. The highest BCUT2D eigenvalue weighted by Gasteiger charge is 2.42. The number of carbonyl (C=O) groups is 2. The lowest BCUT2D eigenvalue weighted by Gasteiger charge is -2.39. The molecule has 246 valence electrons. The molecular formula is C41H42FN3O3. The molecule has 0 spiro atoms. The first kappa shape index (κ1) is 31.7. The van der Waals surface area contributed by atoms with Crippen LogP contribution in [0.5, 0.6) is 11.5 Å². The van der Waals surface area contributed by atoms with Crippen LogP contribution in [0.1, 0.15) is 56.7 Å². The second kappa shape index (κ2) is 13.3. The van der Waals surface area contributed by atoms with E-state index in [1.807, 2.05) is 58.3 Å². The van der Waals surface area contributed by atoms with Crippen molar-refractivity contribution < 1.29 is 18.7 Å². The molecule has 0 bridgehead atoms. The van der Waals surface area contributed by atoms with Crippen molar-refractivity contribution in [3.05, 3.63) is 131 Å². The number of anilines is 2. The fourth-order valence-electron chi connectivity index (χ4n) is 7.54. The molecule has 2 heterocycles. The van der Waals surface area contributed by atoms with Crippen molar-refractivity contribution in [3.8, 4) is 11.5 Å². The lowest BCUT2D eigenvalue weighted by molar-refractivity contribution is -0.131. The Labute approximate surface area is 282 Å². The molecule has 7 rings (SSSR count). The topological polar surface area (TPSA) is 61.9 Å². The molecule has 0 radical (unpaired) electrons. The van der Waals surface area contributed by atoms with Gasteiger partial charge in [0.2, 0.25) is 5.91 Å². The number of halogens is 1. The summed E-state index contributed by atoms with van der Waals surface area (Å²) in [6, 6.07) is 31.7. The Balaban J connectivity index is 1.24. The largest absolute Gasteiger partial charge is 0.454 e. The Morgan fingerprint density at radius 1 is 0.896 bits per heavy atom. The van der Waals surface area contributed by atoms with E-state index >= 15 is 4.39 Å². The van der Waals surface area contributed by atoms with Gasteiger partial charge in [-0.3, -0.25) is 9.59 Å². The second-order valence-corrected chi connectivity index (χ2v) is 14.1. The van der Waals surface area contributed by atoms with Gasteiger partial charge in [-0.1, -0.05) is 80.6 Å². The van der Waals surface area contributed by atoms with Crippen LogP contribution < -0.4 is 15.0 Å². The number of hydrogen-bond donors (Lipinski definition) is 1. The molecule has 1 N–H and O–H groups in total. The van der Waals surface area contributed by atoms with Gasteiger partial charge in [-0.2, -0.15) is 0 Å². The highest BCUT2D eigenvalue weighted by molar-refractivity contribution is 6.02. The highest BCUT2D eigenvalue weighted by atomic mass is 19.1. The van der Waals surface area contributed by atoms with Crippen molar-refractivity contribution in [2.45, 2.75) is 52.0 Å². The van der Waals surface area contributed by atoms with Gasteiger partial charge in [0.15, 0.2) is 17.3 Å². The van der Waals surface area contributed by atoms with Gasteiger partial charge in [-0.05, 0) is 84.5 Å². The summed E-state index contributed by atoms with van der Waals surface area (Å²) in [6.07, 6.45) is 3.96. The molecular weight excluding hydrogens is 601 g/mol. The third-order valence-corrected chi connectivity index (χ3v) is 9.89. The number of benzene rings is 4. The number of hydrogen-bond acceptors (Lipinski definition) is 5. The van der Waals surface area contributed by atoms with Gasteiger partial charge in [-0.15, -0.1) is 0 Å². The zero-order chi connectivity index (χ0) is 33.3. The molecule has 6 nitrogen and oxygen atoms in total. The Morgan fingerprint density at radius 2 is 1.58 bits per heavy atom. The number of allylic oxidation sites excluding steroid dienone is 1. The minimum absolute atomic E-state index is 0.0171. The number of para-hydroxylation sites is 3. The molecule has 1 aliphatic carbocycles. The molecule has 0 aromatic heterocycles. The van der Waals surface area contributed by atoms with Crippen LogP contribution in [0, 0.1) is 17.2 Å². The van der Waals surface area contributed by atoms with Crippen molar-refractivity contribution in [1.82, 2.24) is 4.90 Å². The molecule has 1 unspecified atom stereocenters. The van der Waals surface area contributed by atoms with Crippen LogP contribution in [0.4, 0.5) is 15.8 Å². The summed E-state index contributed by atoms with van der Waals surface area (Å²) < 4.78 is 21.3. The normalized spacial score (nSPS) is 19.2. The summed E-state index contributed by atoms with van der Waals surface area (Å²) in [5.41, 5.74) is 4.92. The van der Waals surface area contributed by atoms with Gasteiger partial charge >= 0.3 is 0 Å². The molecule has 0 saturated carbocycles. The van der Waals surface area contributed by atoms with Gasteiger partial charge in [-0.25, -0.2) is 4.39 Å². The van der Waals surface area contributed by atoms with Crippen LogP contribution in [-0.4, -0.2) is 36.2 Å². The minimum Gasteiger partial charge on any atom is -0.454 e. The standard InChI is InChI=1S/C41H42FN3O3/c1-41(2)25-34-39(36(46)26-41)40(30-17-18-32(42)37(24-30)48-31-13-7-4-8-14-31)45(35-16-10-9-15-33(35)43-34)27-38(47)44-21-19-29(20-22-44)23-28-11-5-3-6-12-28/h3-18,24,29,40,43H,19-23,25-27H2,1-2H3. The van der Waals surface area contributed by atoms with Gasteiger partial charge in [0.25, 0.3) is 0 Å². The van der Waals surface area contributed by atoms with Crippen molar-refractivity contribution in [1.29, 1.82) is 0 Å². The average molecular weight is 644 g/mol. The van der Waals surface area contributed by atoms with E-state index in [2.05, 4.69) is 43.4 Å². The first-order valence-electron chi connectivity index (χ1n) is 17.0. The number of rotatable bonds is 7. The summed E-state index contributed by atoms with van der Waals surface area (Å²) >= 11 is 0. The maximum Gasteiger partial charge on any atom is 0.242 e. The Morgan fingerprint density at radius 3 is 2.33 bits per heavy atom. The van der Waals surface area contributed by atoms with Crippen LogP contribution in [0.25, 0.3) is 0 Å². The summed E-state index contributed by atoms with van der Waals surface area (Å²) in [7, 11) is 0. The van der Waals surface area contributed by atoms with Gasteiger partial charge < -0.3 is 19.9 Å². The van der Waals surface area contributed by atoms with Crippen molar-refractivity contribution >= 4 is 23.1 Å². The average Bonchev–Trinajstić information content (AvgIpc) is 3.21. The zero-order valence-corrected chi connectivity index (χ0v) is 27.6. The lowest BCUT2D eigenvalue weighted by atomic mass is 9.73. The molecule has 1 fully saturated rings. The molecule has 4 aromatic rings. The second-order valence-electron chi connectivity index (χ2n) is 14.1. The summed E-state index contributed by atoms with van der Waals surface area (Å²) in [5.74, 6) is 0.664. The maximum atomic E-state index is 15.3. The van der Waals surface area contributed by atoms with E-state index in [0.717, 1.165) is 36.3 Å². The number of piperidine rings is 1. The molecule has 3 aliphatic rings. The first-order valence-corrected chi connectivity index (χ1v) is 17.0. The van der Waals surface area contributed by atoms with Crippen molar-refractivity contribution in [2.75, 3.05) is 29.9 Å². The third kappa shape index (κ3) is 6.73. The van der Waals surface area contributed by atoms with Gasteiger partial charge in [0.05, 0.1) is 24.0 Å². The number of ether oxygens (including phenoxy) is 1. The molecule has 4 aromatic carbocycles. The Bertz CT molecular complexity index is 1830. The number of amides is 1. The van der Waals surface area contributed by atoms with Gasteiger partial charge in [0, 0.05) is 30.8 Å². The summed E-state index contributed by atoms with van der Waals surface area (Å²) in [4.78, 5) is 32.4. The fourth-order valence-corrected chi connectivity index (χ4v) is 7.54.